The minimum Gasteiger partial charge on any atom is -0.490 e. The summed E-state index contributed by atoms with van der Waals surface area (Å²) < 4.78 is 4.95. The van der Waals surface area contributed by atoms with Crippen LogP contribution in [0, 0.1) is 10.1 Å². The summed E-state index contributed by atoms with van der Waals surface area (Å²) in [5.74, 6) is -0.832. The first-order valence-electron chi connectivity index (χ1n) is 6.30. The number of benzene rings is 1. The molecule has 0 atom stereocenters. The van der Waals surface area contributed by atoms with Gasteiger partial charge < -0.3 is 20.3 Å². The molecule has 21 heavy (non-hydrogen) atoms. The van der Waals surface area contributed by atoms with Crippen molar-refractivity contribution >= 4 is 11.6 Å². The molecule has 0 aliphatic carbocycles. The van der Waals surface area contributed by atoms with E-state index < -0.39 is 29.6 Å². The number of carbonyl (C=O) groups is 1. The number of carbonyl (C=O) groups excluding carboxylic acids is 1. The van der Waals surface area contributed by atoms with Crippen LogP contribution in [-0.4, -0.2) is 46.9 Å². The lowest BCUT2D eigenvalue weighted by Gasteiger charge is -2.29. The SMILES string of the molecule is CCC(CO)(CO)NC(=O)c1cccc([N+](=O)[O-])c1OC. The third kappa shape index (κ3) is 3.47. The number of hydrogen-bond donors (Lipinski definition) is 3. The minimum atomic E-state index is -1.19. The summed E-state index contributed by atoms with van der Waals surface area (Å²) in [5.41, 5.74) is -1.56. The molecule has 3 N–H and O–H groups in total. The van der Waals surface area contributed by atoms with Gasteiger partial charge in [0.25, 0.3) is 5.91 Å². The molecule has 8 heteroatoms. The lowest BCUT2D eigenvalue weighted by atomic mass is 9.97. The van der Waals surface area contributed by atoms with Gasteiger partial charge in [0.2, 0.25) is 5.75 Å². The highest BCUT2D eigenvalue weighted by molar-refractivity contribution is 5.98. The van der Waals surface area contributed by atoms with Crippen molar-refractivity contribution in [3.8, 4) is 5.75 Å². The average Bonchev–Trinajstić information content (AvgIpc) is 2.51. The summed E-state index contributed by atoms with van der Waals surface area (Å²) >= 11 is 0. The first-order valence-corrected chi connectivity index (χ1v) is 6.30. The van der Waals surface area contributed by atoms with Crippen LogP contribution in [0.15, 0.2) is 18.2 Å². The Labute approximate surface area is 121 Å². The van der Waals surface area contributed by atoms with Crippen molar-refractivity contribution in [1.29, 1.82) is 0 Å². The van der Waals surface area contributed by atoms with E-state index in [1.54, 1.807) is 6.92 Å². The molecule has 0 saturated carbocycles. The molecule has 0 spiro atoms. The maximum atomic E-state index is 12.3. The average molecular weight is 298 g/mol. The van der Waals surface area contributed by atoms with E-state index in [0.29, 0.717) is 6.42 Å². The van der Waals surface area contributed by atoms with Crippen molar-refractivity contribution < 1.29 is 24.7 Å². The quantitative estimate of drug-likeness (QED) is 0.497. The highest BCUT2D eigenvalue weighted by atomic mass is 16.6. The third-order valence-electron chi connectivity index (χ3n) is 3.30. The minimum absolute atomic E-state index is 0.0357. The fourth-order valence-corrected chi connectivity index (χ4v) is 1.81. The molecule has 1 rings (SSSR count). The molecule has 0 aliphatic rings. The molecule has 0 saturated heterocycles. The highest BCUT2D eigenvalue weighted by Crippen LogP contribution is 2.30. The Bertz CT molecular complexity index is 519. The van der Waals surface area contributed by atoms with Gasteiger partial charge in [0, 0.05) is 6.07 Å². The van der Waals surface area contributed by atoms with Crippen molar-refractivity contribution in [1.82, 2.24) is 5.32 Å². The molecule has 1 aromatic carbocycles. The molecule has 0 aromatic heterocycles. The number of nitro benzene ring substituents is 1. The third-order valence-corrected chi connectivity index (χ3v) is 3.30. The molecule has 0 bridgehead atoms. The molecular formula is C13H18N2O6. The molecule has 0 unspecified atom stereocenters. The van der Waals surface area contributed by atoms with Crippen LogP contribution in [0.5, 0.6) is 5.75 Å². The molecule has 1 amide bonds. The zero-order valence-corrected chi connectivity index (χ0v) is 11.8. The summed E-state index contributed by atoms with van der Waals surface area (Å²) in [6.07, 6.45) is 0.295. The van der Waals surface area contributed by atoms with Gasteiger partial charge in [-0.15, -0.1) is 0 Å². The van der Waals surface area contributed by atoms with Crippen LogP contribution in [0.3, 0.4) is 0 Å². The number of nitro groups is 1. The van der Waals surface area contributed by atoms with Crippen molar-refractivity contribution in [3.05, 3.63) is 33.9 Å². The Morgan fingerprint density at radius 2 is 2.05 bits per heavy atom. The summed E-state index contributed by atoms with van der Waals surface area (Å²) in [5, 5.41) is 32.1. The summed E-state index contributed by atoms with van der Waals surface area (Å²) in [4.78, 5) is 22.5. The highest BCUT2D eigenvalue weighted by Gasteiger charge is 2.31. The van der Waals surface area contributed by atoms with Crippen molar-refractivity contribution in [2.24, 2.45) is 0 Å². The second-order valence-corrected chi connectivity index (χ2v) is 4.52. The summed E-state index contributed by atoms with van der Waals surface area (Å²) in [6, 6.07) is 3.96. The van der Waals surface area contributed by atoms with E-state index in [2.05, 4.69) is 5.32 Å². The topological polar surface area (TPSA) is 122 Å². The Balaban J connectivity index is 3.19. The van der Waals surface area contributed by atoms with Gasteiger partial charge in [-0.3, -0.25) is 14.9 Å². The predicted molar refractivity (Wildman–Crippen MR) is 74.3 cm³/mol. The summed E-state index contributed by atoms with van der Waals surface area (Å²) in [6.45, 7) is 0.781. The molecule has 0 heterocycles. The van der Waals surface area contributed by atoms with Gasteiger partial charge in [0.1, 0.15) is 0 Å². The van der Waals surface area contributed by atoms with E-state index in [0.717, 1.165) is 0 Å². The van der Waals surface area contributed by atoms with Gasteiger partial charge in [-0.1, -0.05) is 13.0 Å². The van der Waals surface area contributed by atoms with Gasteiger partial charge in [0.15, 0.2) is 0 Å². The lowest BCUT2D eigenvalue weighted by Crippen LogP contribution is -2.53. The molecule has 0 aliphatic heterocycles. The van der Waals surface area contributed by atoms with Gasteiger partial charge in [-0.25, -0.2) is 0 Å². The van der Waals surface area contributed by atoms with E-state index in [1.807, 2.05) is 0 Å². The van der Waals surface area contributed by atoms with E-state index in [4.69, 9.17) is 4.74 Å². The molecule has 116 valence electrons. The van der Waals surface area contributed by atoms with E-state index in [9.17, 15) is 25.1 Å². The van der Waals surface area contributed by atoms with Crippen molar-refractivity contribution in [2.75, 3.05) is 20.3 Å². The maximum Gasteiger partial charge on any atom is 0.311 e. The first-order chi connectivity index (χ1) is 9.94. The van der Waals surface area contributed by atoms with Crippen LogP contribution < -0.4 is 10.1 Å². The molecule has 0 radical (unpaired) electrons. The number of aliphatic hydroxyl groups excluding tert-OH is 2. The molecular weight excluding hydrogens is 280 g/mol. The molecule has 8 nitrogen and oxygen atoms in total. The van der Waals surface area contributed by atoms with E-state index in [-0.39, 0.29) is 17.0 Å². The lowest BCUT2D eigenvalue weighted by molar-refractivity contribution is -0.385. The summed E-state index contributed by atoms with van der Waals surface area (Å²) in [7, 11) is 1.23. The van der Waals surface area contributed by atoms with Gasteiger partial charge >= 0.3 is 5.69 Å². The van der Waals surface area contributed by atoms with Crippen LogP contribution in [0.4, 0.5) is 5.69 Å². The van der Waals surface area contributed by atoms with Crippen LogP contribution in [0.2, 0.25) is 0 Å². The number of methoxy groups -OCH3 is 1. The van der Waals surface area contributed by atoms with Gasteiger partial charge in [0.05, 0.1) is 36.3 Å². The number of ether oxygens (including phenoxy) is 1. The van der Waals surface area contributed by atoms with Crippen LogP contribution in [-0.2, 0) is 0 Å². The fourth-order valence-electron chi connectivity index (χ4n) is 1.81. The first kappa shape index (κ1) is 16.9. The Morgan fingerprint density at radius 1 is 1.43 bits per heavy atom. The normalized spacial score (nSPS) is 11.0. The standard InChI is InChI=1S/C13H18N2O6/c1-3-13(7-16,8-17)14-12(18)9-5-4-6-10(15(19)20)11(9)21-2/h4-6,16-17H,3,7-8H2,1-2H3,(H,14,18). The molecule has 1 aromatic rings. The Kier molecular flexibility index (Phi) is 5.62. The number of amides is 1. The maximum absolute atomic E-state index is 12.3. The van der Waals surface area contributed by atoms with Crippen LogP contribution in [0.1, 0.15) is 23.7 Å². The smallest absolute Gasteiger partial charge is 0.311 e. The van der Waals surface area contributed by atoms with Crippen molar-refractivity contribution in [2.45, 2.75) is 18.9 Å². The number of aliphatic hydroxyl groups is 2. The predicted octanol–water partition coefficient (Wildman–Crippen LogP) is 0.467. The second-order valence-electron chi connectivity index (χ2n) is 4.52. The Morgan fingerprint density at radius 3 is 2.48 bits per heavy atom. The van der Waals surface area contributed by atoms with Crippen molar-refractivity contribution in [3.63, 3.8) is 0 Å². The number of para-hydroxylation sites is 1. The second kappa shape index (κ2) is 7.00. The van der Waals surface area contributed by atoms with E-state index in [1.165, 1.54) is 25.3 Å². The van der Waals surface area contributed by atoms with Crippen LogP contribution >= 0.6 is 0 Å². The fraction of sp³-hybridized carbons (Fsp3) is 0.462. The number of rotatable bonds is 7. The largest absolute Gasteiger partial charge is 0.490 e. The molecule has 0 fully saturated rings. The zero-order valence-electron chi connectivity index (χ0n) is 11.8. The monoisotopic (exact) mass is 298 g/mol. The van der Waals surface area contributed by atoms with Crippen LogP contribution in [0.25, 0.3) is 0 Å². The van der Waals surface area contributed by atoms with Gasteiger partial charge in [-0.2, -0.15) is 0 Å². The van der Waals surface area contributed by atoms with E-state index >= 15 is 0 Å². The Hall–Kier alpha value is -2.19. The van der Waals surface area contributed by atoms with Gasteiger partial charge in [-0.05, 0) is 12.5 Å². The number of nitrogens with one attached hydrogen (secondary N) is 1. The number of hydrogen-bond acceptors (Lipinski definition) is 6. The zero-order chi connectivity index (χ0) is 16.0. The number of nitrogens with zero attached hydrogens (tertiary/aromatic N) is 1.